The van der Waals surface area contributed by atoms with Crippen molar-refractivity contribution in [2.24, 2.45) is 23.0 Å². The van der Waals surface area contributed by atoms with E-state index in [2.05, 4.69) is 26.1 Å². The van der Waals surface area contributed by atoms with Crippen LogP contribution in [0.1, 0.15) is 40.0 Å². The molecule has 0 aromatic carbocycles. The summed E-state index contributed by atoms with van der Waals surface area (Å²) < 4.78 is 0. The van der Waals surface area contributed by atoms with Crippen molar-refractivity contribution < 1.29 is 4.79 Å². The van der Waals surface area contributed by atoms with E-state index >= 15 is 0 Å². The SMILES string of the molecule is CC(CN)CCCNC(=O)C1CC1(C)C. The third-order valence-corrected chi connectivity index (χ3v) is 3.41. The van der Waals surface area contributed by atoms with Crippen LogP contribution in [0.2, 0.25) is 0 Å². The number of rotatable bonds is 6. The number of hydrogen-bond donors (Lipinski definition) is 2. The fourth-order valence-electron chi connectivity index (χ4n) is 1.82. The molecule has 88 valence electrons. The molecular formula is C12H24N2O. The van der Waals surface area contributed by atoms with E-state index < -0.39 is 0 Å². The van der Waals surface area contributed by atoms with Crippen LogP contribution in [0.15, 0.2) is 0 Å². The molecule has 0 aromatic rings. The quantitative estimate of drug-likeness (QED) is 0.656. The van der Waals surface area contributed by atoms with Gasteiger partial charge in [0.15, 0.2) is 0 Å². The van der Waals surface area contributed by atoms with Crippen LogP contribution >= 0.6 is 0 Å². The largest absolute Gasteiger partial charge is 0.356 e. The molecule has 0 aliphatic heterocycles. The summed E-state index contributed by atoms with van der Waals surface area (Å²) in [5, 5.41) is 3.00. The van der Waals surface area contributed by atoms with Crippen LogP contribution < -0.4 is 11.1 Å². The van der Waals surface area contributed by atoms with Gasteiger partial charge in [0.05, 0.1) is 0 Å². The van der Waals surface area contributed by atoms with Crippen LogP contribution in [0, 0.1) is 17.3 Å². The zero-order valence-electron chi connectivity index (χ0n) is 10.2. The number of carbonyl (C=O) groups excluding carboxylic acids is 1. The molecular weight excluding hydrogens is 188 g/mol. The van der Waals surface area contributed by atoms with E-state index in [1.165, 1.54) is 0 Å². The molecule has 1 rings (SSSR count). The average Bonchev–Trinajstić information content (AvgIpc) is 2.82. The lowest BCUT2D eigenvalue weighted by atomic mass is 10.1. The Balaban J connectivity index is 2.04. The molecule has 0 spiro atoms. The molecule has 1 fully saturated rings. The topological polar surface area (TPSA) is 55.1 Å². The van der Waals surface area contributed by atoms with Gasteiger partial charge < -0.3 is 11.1 Å². The summed E-state index contributed by atoms with van der Waals surface area (Å²) in [6.07, 6.45) is 3.18. The molecule has 0 saturated heterocycles. The fraction of sp³-hybridized carbons (Fsp3) is 0.917. The number of nitrogens with two attached hydrogens (primary N) is 1. The number of amides is 1. The first-order chi connectivity index (χ1) is 6.97. The minimum atomic E-state index is 0.236. The van der Waals surface area contributed by atoms with E-state index in [1.807, 2.05) is 0 Å². The van der Waals surface area contributed by atoms with E-state index in [9.17, 15) is 4.79 Å². The Hall–Kier alpha value is -0.570. The van der Waals surface area contributed by atoms with E-state index in [4.69, 9.17) is 5.73 Å². The van der Waals surface area contributed by atoms with E-state index in [1.54, 1.807) is 0 Å². The molecule has 1 aliphatic carbocycles. The van der Waals surface area contributed by atoms with Gasteiger partial charge in [-0.1, -0.05) is 20.8 Å². The van der Waals surface area contributed by atoms with E-state index in [0.29, 0.717) is 5.92 Å². The zero-order valence-corrected chi connectivity index (χ0v) is 10.2. The van der Waals surface area contributed by atoms with Crippen LogP contribution in [0.4, 0.5) is 0 Å². The Kier molecular flexibility index (Phi) is 4.14. The number of hydrogen-bond acceptors (Lipinski definition) is 2. The highest BCUT2D eigenvalue weighted by molar-refractivity contribution is 5.82. The molecule has 1 amide bonds. The monoisotopic (exact) mass is 212 g/mol. The summed E-state index contributed by atoms with van der Waals surface area (Å²) >= 11 is 0. The first kappa shape index (κ1) is 12.5. The molecule has 3 nitrogen and oxygen atoms in total. The Morgan fingerprint density at radius 2 is 2.20 bits per heavy atom. The molecule has 2 atom stereocenters. The van der Waals surface area contributed by atoms with Gasteiger partial charge in [0.1, 0.15) is 0 Å². The molecule has 15 heavy (non-hydrogen) atoms. The normalized spacial score (nSPS) is 24.7. The lowest BCUT2D eigenvalue weighted by Gasteiger charge is -2.09. The lowest BCUT2D eigenvalue weighted by molar-refractivity contribution is -0.122. The smallest absolute Gasteiger partial charge is 0.223 e. The van der Waals surface area contributed by atoms with Crippen LogP contribution in [0.3, 0.4) is 0 Å². The summed E-state index contributed by atoms with van der Waals surface area (Å²) in [7, 11) is 0. The van der Waals surface area contributed by atoms with Crippen molar-refractivity contribution in [3.63, 3.8) is 0 Å². The molecule has 0 aromatic heterocycles. The van der Waals surface area contributed by atoms with Gasteiger partial charge in [-0.25, -0.2) is 0 Å². The summed E-state index contributed by atoms with van der Waals surface area (Å²) in [6, 6.07) is 0. The van der Waals surface area contributed by atoms with E-state index in [0.717, 1.165) is 32.4 Å². The fourth-order valence-corrected chi connectivity index (χ4v) is 1.82. The van der Waals surface area contributed by atoms with Gasteiger partial charge in [0.25, 0.3) is 0 Å². The average molecular weight is 212 g/mol. The van der Waals surface area contributed by atoms with Gasteiger partial charge in [0, 0.05) is 12.5 Å². The summed E-state index contributed by atoms with van der Waals surface area (Å²) in [5.41, 5.74) is 5.77. The number of carbonyl (C=O) groups is 1. The first-order valence-electron chi connectivity index (χ1n) is 5.95. The van der Waals surface area contributed by atoms with Crippen LogP contribution in [0.5, 0.6) is 0 Å². The summed E-state index contributed by atoms with van der Waals surface area (Å²) in [5.74, 6) is 1.06. The van der Waals surface area contributed by atoms with Crippen molar-refractivity contribution in [1.29, 1.82) is 0 Å². The Bertz CT molecular complexity index is 226. The van der Waals surface area contributed by atoms with Crippen LogP contribution in [-0.2, 0) is 4.79 Å². The first-order valence-corrected chi connectivity index (χ1v) is 5.95. The standard InChI is InChI=1S/C12H24N2O/c1-9(8-13)5-4-6-14-11(15)10-7-12(10,2)3/h9-10H,4-8,13H2,1-3H3,(H,14,15). The van der Waals surface area contributed by atoms with Crippen LogP contribution in [-0.4, -0.2) is 19.0 Å². The van der Waals surface area contributed by atoms with Gasteiger partial charge in [-0.3, -0.25) is 4.79 Å². The van der Waals surface area contributed by atoms with Crippen LogP contribution in [0.25, 0.3) is 0 Å². The molecule has 2 unspecified atom stereocenters. The van der Waals surface area contributed by atoms with Crippen molar-refractivity contribution in [1.82, 2.24) is 5.32 Å². The molecule has 0 heterocycles. The Morgan fingerprint density at radius 3 is 2.67 bits per heavy atom. The van der Waals surface area contributed by atoms with Crippen molar-refractivity contribution in [3.8, 4) is 0 Å². The Labute approximate surface area is 92.8 Å². The highest BCUT2D eigenvalue weighted by Gasteiger charge is 2.50. The molecule has 3 N–H and O–H groups in total. The van der Waals surface area contributed by atoms with Gasteiger partial charge in [0.2, 0.25) is 5.91 Å². The van der Waals surface area contributed by atoms with E-state index in [-0.39, 0.29) is 17.2 Å². The van der Waals surface area contributed by atoms with Crippen molar-refractivity contribution in [2.45, 2.75) is 40.0 Å². The lowest BCUT2D eigenvalue weighted by Crippen LogP contribution is -2.28. The second kappa shape index (κ2) is 4.97. The van der Waals surface area contributed by atoms with Gasteiger partial charge in [-0.15, -0.1) is 0 Å². The van der Waals surface area contributed by atoms with Crippen molar-refractivity contribution in [2.75, 3.05) is 13.1 Å². The highest BCUT2D eigenvalue weighted by Crippen LogP contribution is 2.51. The maximum atomic E-state index is 11.6. The predicted octanol–water partition coefficient (Wildman–Crippen LogP) is 1.52. The Morgan fingerprint density at radius 1 is 1.60 bits per heavy atom. The van der Waals surface area contributed by atoms with Gasteiger partial charge >= 0.3 is 0 Å². The maximum absolute atomic E-state index is 11.6. The molecule has 1 aliphatic rings. The molecule has 0 bridgehead atoms. The van der Waals surface area contributed by atoms with Crippen molar-refractivity contribution in [3.05, 3.63) is 0 Å². The molecule has 0 radical (unpaired) electrons. The highest BCUT2D eigenvalue weighted by atomic mass is 16.2. The second-order valence-corrected chi connectivity index (χ2v) is 5.52. The predicted molar refractivity (Wildman–Crippen MR) is 62.4 cm³/mol. The van der Waals surface area contributed by atoms with Crippen molar-refractivity contribution >= 4 is 5.91 Å². The minimum absolute atomic E-state index is 0.236. The zero-order chi connectivity index (χ0) is 11.5. The molecule has 3 heteroatoms. The summed E-state index contributed by atoms with van der Waals surface area (Å²) in [6.45, 7) is 7.98. The number of nitrogens with one attached hydrogen (secondary N) is 1. The second-order valence-electron chi connectivity index (χ2n) is 5.52. The summed E-state index contributed by atoms with van der Waals surface area (Å²) in [4.78, 5) is 11.6. The van der Waals surface area contributed by atoms with Gasteiger partial charge in [-0.2, -0.15) is 0 Å². The van der Waals surface area contributed by atoms with Gasteiger partial charge in [-0.05, 0) is 37.1 Å². The molecule has 1 saturated carbocycles. The third kappa shape index (κ3) is 3.82. The third-order valence-electron chi connectivity index (χ3n) is 3.41. The maximum Gasteiger partial charge on any atom is 0.223 e. The minimum Gasteiger partial charge on any atom is -0.356 e.